The normalized spacial score (nSPS) is 15.1. The predicted molar refractivity (Wildman–Crippen MR) is 247 cm³/mol. The number of halogens is 1. The summed E-state index contributed by atoms with van der Waals surface area (Å²) in [6.07, 6.45) is 9.74. The lowest BCUT2D eigenvalue weighted by Crippen LogP contribution is -2.36. The number of fused-ring (bicyclic) bond motifs is 3. The van der Waals surface area contributed by atoms with Gasteiger partial charge in [-0.2, -0.15) is 0 Å². The first-order valence-corrected chi connectivity index (χ1v) is 23.0. The standard InChI is InChI=1S/C53H59ClN2O7/c54-49-25-15-14-24-48(49)53(41-18-8-5-9-19-41,42-28-26-40(27-29-42)39-16-6-3-1-2-4-7-17-39)63-51(58)31-35-61-36-32-55-50(57)30-34-60-37-33-56-52(59)62-38-47-45-22-12-10-20-43(45)44-21-11-13-23-46(44)47/h5,8-15,18-29,39,47H,1-4,6-7,16-17,30-38H2,(H,55,57)(H,56,59). The molecule has 2 N–H and O–H groups in total. The first-order valence-electron chi connectivity index (χ1n) is 22.6. The molecule has 5 aromatic carbocycles. The van der Waals surface area contributed by atoms with Crippen molar-refractivity contribution in [3.63, 3.8) is 0 Å². The highest BCUT2D eigenvalue weighted by molar-refractivity contribution is 6.31. The number of nitrogens with one attached hydrogen (secondary N) is 2. The lowest BCUT2D eigenvalue weighted by molar-refractivity contribution is -0.154. The van der Waals surface area contributed by atoms with E-state index >= 15 is 0 Å². The first kappa shape index (κ1) is 45.5. The van der Waals surface area contributed by atoms with Crippen LogP contribution >= 0.6 is 11.6 Å². The SMILES string of the molecule is O=C(CCOCCNC(=O)OCC1c2ccccc2-c2ccccc21)NCCOCCC(=O)OC(c1ccccc1)(c1ccc(C2CCCCCCCC2)cc1)c1ccccc1Cl. The van der Waals surface area contributed by atoms with Gasteiger partial charge in [-0.25, -0.2) is 4.79 Å². The number of hydrogen-bond donors (Lipinski definition) is 2. The molecule has 0 aromatic heterocycles. The van der Waals surface area contributed by atoms with Crippen LogP contribution in [0.5, 0.6) is 0 Å². The van der Waals surface area contributed by atoms with E-state index < -0.39 is 17.7 Å². The van der Waals surface area contributed by atoms with E-state index in [1.54, 1.807) is 0 Å². The summed E-state index contributed by atoms with van der Waals surface area (Å²) in [6.45, 7) is 1.55. The topological polar surface area (TPSA) is 112 Å². The van der Waals surface area contributed by atoms with Gasteiger partial charge in [0, 0.05) is 47.1 Å². The van der Waals surface area contributed by atoms with E-state index in [1.807, 2.05) is 78.9 Å². The molecule has 0 radical (unpaired) electrons. The second kappa shape index (κ2) is 23.3. The molecule has 0 aliphatic heterocycles. The summed E-state index contributed by atoms with van der Waals surface area (Å²) in [5.41, 5.74) is 6.98. The zero-order chi connectivity index (χ0) is 43.7. The average Bonchev–Trinajstić information content (AvgIpc) is 3.70. The molecular formula is C53H59ClN2O7. The summed E-state index contributed by atoms with van der Waals surface area (Å²) in [7, 11) is 0. The molecule has 0 saturated heterocycles. The minimum Gasteiger partial charge on any atom is -0.449 e. The van der Waals surface area contributed by atoms with E-state index in [-0.39, 0.29) is 70.8 Å². The van der Waals surface area contributed by atoms with Crippen LogP contribution in [0.25, 0.3) is 11.1 Å². The first-order chi connectivity index (χ1) is 30.9. The van der Waals surface area contributed by atoms with Gasteiger partial charge in [-0.1, -0.05) is 171 Å². The smallest absolute Gasteiger partial charge is 0.407 e. The Bertz CT molecular complexity index is 2190. The molecule has 63 heavy (non-hydrogen) atoms. The number of ether oxygens (including phenoxy) is 4. The molecule has 0 spiro atoms. The highest BCUT2D eigenvalue weighted by Gasteiger charge is 2.42. The van der Waals surface area contributed by atoms with Gasteiger partial charge in [-0.15, -0.1) is 0 Å². The van der Waals surface area contributed by atoms with Crippen molar-refractivity contribution in [3.05, 3.63) is 166 Å². The lowest BCUT2D eigenvalue weighted by Gasteiger charge is -2.36. The van der Waals surface area contributed by atoms with Gasteiger partial charge in [-0.3, -0.25) is 9.59 Å². The molecule has 1 atom stereocenters. The van der Waals surface area contributed by atoms with Gasteiger partial charge >= 0.3 is 12.1 Å². The van der Waals surface area contributed by atoms with E-state index in [1.165, 1.54) is 68.1 Å². The maximum atomic E-state index is 13.8. The molecule has 5 aromatic rings. The summed E-state index contributed by atoms with van der Waals surface area (Å²) < 4.78 is 23.5. The molecule has 0 bridgehead atoms. The molecule has 9 nitrogen and oxygen atoms in total. The minimum atomic E-state index is -1.29. The van der Waals surface area contributed by atoms with Gasteiger partial charge in [0.2, 0.25) is 5.91 Å². The molecule has 7 rings (SSSR count). The fourth-order valence-corrected chi connectivity index (χ4v) is 9.27. The Morgan fingerprint density at radius 3 is 1.81 bits per heavy atom. The van der Waals surface area contributed by atoms with Crippen molar-refractivity contribution >= 4 is 29.6 Å². The summed E-state index contributed by atoms with van der Waals surface area (Å²) in [5, 5.41) is 6.04. The largest absolute Gasteiger partial charge is 0.449 e. The van der Waals surface area contributed by atoms with Crippen molar-refractivity contribution in [3.8, 4) is 11.1 Å². The summed E-state index contributed by atoms with van der Waals surface area (Å²) >= 11 is 6.92. The number of alkyl carbamates (subject to hydrolysis) is 1. The zero-order valence-corrected chi connectivity index (χ0v) is 36.8. The molecule has 2 aliphatic carbocycles. The lowest BCUT2D eigenvalue weighted by atomic mass is 9.79. The van der Waals surface area contributed by atoms with Crippen LogP contribution in [-0.2, 0) is 34.1 Å². The second-order valence-corrected chi connectivity index (χ2v) is 16.8. The van der Waals surface area contributed by atoms with Crippen molar-refractivity contribution in [2.24, 2.45) is 0 Å². The molecule has 1 unspecified atom stereocenters. The fraction of sp³-hybridized carbons (Fsp3) is 0.377. The van der Waals surface area contributed by atoms with Crippen LogP contribution in [-0.4, -0.2) is 64.1 Å². The minimum absolute atomic E-state index is 0.00501. The zero-order valence-electron chi connectivity index (χ0n) is 36.0. The third-order valence-electron chi connectivity index (χ3n) is 12.2. The molecule has 1 saturated carbocycles. The number of rotatable bonds is 19. The van der Waals surface area contributed by atoms with E-state index in [0.717, 1.165) is 22.3 Å². The van der Waals surface area contributed by atoms with E-state index in [9.17, 15) is 14.4 Å². The van der Waals surface area contributed by atoms with Crippen LogP contribution in [0.15, 0.2) is 127 Å². The fourth-order valence-electron chi connectivity index (χ4n) is 9.00. The molecule has 2 amide bonds. The van der Waals surface area contributed by atoms with Gasteiger partial charge in [-0.05, 0) is 52.6 Å². The quantitative estimate of drug-likeness (QED) is 0.0483. The van der Waals surface area contributed by atoms with Gasteiger partial charge in [0.25, 0.3) is 0 Å². The number of esters is 1. The van der Waals surface area contributed by atoms with E-state index in [0.29, 0.717) is 16.5 Å². The summed E-state index contributed by atoms with van der Waals surface area (Å²) in [5.74, 6) is -0.122. The molecular weight excluding hydrogens is 812 g/mol. The highest BCUT2D eigenvalue weighted by atomic mass is 35.5. The van der Waals surface area contributed by atoms with Gasteiger partial charge in [0.1, 0.15) is 6.61 Å². The van der Waals surface area contributed by atoms with Crippen molar-refractivity contribution in [1.82, 2.24) is 10.6 Å². The summed E-state index contributed by atoms with van der Waals surface area (Å²) in [6, 6.07) is 42.3. The third-order valence-corrected chi connectivity index (χ3v) is 12.5. The Morgan fingerprint density at radius 1 is 0.587 bits per heavy atom. The Kier molecular flexibility index (Phi) is 16.8. The van der Waals surface area contributed by atoms with Crippen LogP contribution in [0.1, 0.15) is 109 Å². The van der Waals surface area contributed by atoms with Crippen LogP contribution in [0, 0.1) is 0 Å². The maximum absolute atomic E-state index is 13.8. The van der Waals surface area contributed by atoms with Crippen LogP contribution in [0.3, 0.4) is 0 Å². The molecule has 10 heteroatoms. The van der Waals surface area contributed by atoms with Crippen molar-refractivity contribution in [2.45, 2.75) is 81.6 Å². The van der Waals surface area contributed by atoms with Crippen LogP contribution in [0.2, 0.25) is 5.02 Å². The average molecular weight is 872 g/mol. The van der Waals surface area contributed by atoms with Crippen LogP contribution in [0.4, 0.5) is 4.79 Å². The number of carbonyl (C=O) groups is 3. The number of benzene rings is 5. The Labute approximate surface area is 376 Å². The second-order valence-electron chi connectivity index (χ2n) is 16.3. The van der Waals surface area contributed by atoms with E-state index in [4.69, 9.17) is 30.5 Å². The predicted octanol–water partition coefficient (Wildman–Crippen LogP) is 10.9. The molecule has 2 aliphatic rings. The highest BCUT2D eigenvalue weighted by Crippen LogP contribution is 2.46. The number of carbonyl (C=O) groups excluding carboxylic acids is 3. The number of amides is 2. The van der Waals surface area contributed by atoms with E-state index in [2.05, 4.69) is 59.2 Å². The van der Waals surface area contributed by atoms with Gasteiger partial charge in [0.05, 0.1) is 32.8 Å². The van der Waals surface area contributed by atoms with Gasteiger partial charge < -0.3 is 29.6 Å². The Balaban J connectivity index is 0.830. The Morgan fingerprint density at radius 2 is 1.14 bits per heavy atom. The number of hydrogen-bond acceptors (Lipinski definition) is 7. The summed E-state index contributed by atoms with van der Waals surface area (Å²) in [4.78, 5) is 38.6. The maximum Gasteiger partial charge on any atom is 0.407 e. The van der Waals surface area contributed by atoms with Crippen molar-refractivity contribution in [2.75, 3.05) is 46.1 Å². The van der Waals surface area contributed by atoms with Crippen molar-refractivity contribution < 1.29 is 33.3 Å². The van der Waals surface area contributed by atoms with Crippen molar-refractivity contribution in [1.29, 1.82) is 0 Å². The molecule has 1 fully saturated rings. The molecule has 330 valence electrons. The Hall–Kier alpha value is -5.48. The molecule has 0 heterocycles. The van der Waals surface area contributed by atoms with Gasteiger partial charge in [0.15, 0.2) is 5.60 Å². The van der Waals surface area contributed by atoms with Crippen LogP contribution < -0.4 is 10.6 Å². The third kappa shape index (κ3) is 12.0. The monoisotopic (exact) mass is 870 g/mol.